The minimum atomic E-state index is -3.54. The largest absolute Gasteiger partial charge is 0.321 e. The third-order valence-electron chi connectivity index (χ3n) is 4.18. The minimum absolute atomic E-state index is 0.188. The maximum Gasteiger partial charge on any atom is 0.265 e. The number of hydrogen-bond acceptors (Lipinski definition) is 4. The van der Waals surface area contributed by atoms with Crippen molar-refractivity contribution in [1.29, 1.82) is 0 Å². The molecule has 128 valence electrons. The van der Waals surface area contributed by atoms with Gasteiger partial charge in [0.1, 0.15) is 0 Å². The zero-order valence-corrected chi connectivity index (χ0v) is 15.6. The Hall–Kier alpha value is -1.70. The highest BCUT2D eigenvalue weighted by Crippen LogP contribution is 2.31. The normalized spacial score (nSPS) is 14.0. The first-order chi connectivity index (χ1) is 11.3. The highest BCUT2D eigenvalue weighted by Gasteiger charge is 2.22. The van der Waals surface area contributed by atoms with E-state index in [1.165, 1.54) is 46.2 Å². The number of nitrogens with one attached hydrogen (secondary N) is 1. The lowest BCUT2D eigenvalue weighted by molar-refractivity contribution is 0.103. The molecule has 0 unspecified atom stereocenters. The van der Waals surface area contributed by atoms with Gasteiger partial charge in [-0.05, 0) is 55.5 Å². The first-order valence-corrected chi connectivity index (χ1v) is 10.0. The van der Waals surface area contributed by atoms with Gasteiger partial charge in [0.25, 0.3) is 5.91 Å². The van der Waals surface area contributed by atoms with Crippen molar-refractivity contribution in [1.82, 2.24) is 4.31 Å². The zero-order valence-electron chi connectivity index (χ0n) is 13.9. The van der Waals surface area contributed by atoms with Crippen LogP contribution in [0.4, 0.5) is 5.69 Å². The second kappa shape index (κ2) is 6.31. The average molecular weight is 364 g/mol. The summed E-state index contributed by atoms with van der Waals surface area (Å²) in [6.07, 6.45) is 3.24. The molecule has 1 amide bonds. The number of carbonyl (C=O) groups is 1. The molecule has 7 heteroatoms. The molecular weight excluding hydrogens is 344 g/mol. The van der Waals surface area contributed by atoms with Crippen LogP contribution in [0.15, 0.2) is 29.2 Å². The molecule has 1 aromatic heterocycles. The van der Waals surface area contributed by atoms with Crippen LogP contribution in [0.25, 0.3) is 0 Å². The number of rotatable bonds is 4. The number of aryl methyl sites for hydroxylation is 3. The van der Waals surface area contributed by atoms with Gasteiger partial charge in [-0.1, -0.05) is 6.07 Å². The Morgan fingerprint density at radius 3 is 2.62 bits per heavy atom. The van der Waals surface area contributed by atoms with E-state index in [9.17, 15) is 13.2 Å². The fourth-order valence-electron chi connectivity index (χ4n) is 2.79. The zero-order chi connectivity index (χ0) is 17.5. The van der Waals surface area contributed by atoms with E-state index in [-0.39, 0.29) is 10.8 Å². The number of benzene rings is 1. The van der Waals surface area contributed by atoms with Crippen LogP contribution in [0.3, 0.4) is 0 Å². The van der Waals surface area contributed by atoms with Gasteiger partial charge >= 0.3 is 0 Å². The molecular formula is C17H20N2O3S2. The van der Waals surface area contributed by atoms with Crippen molar-refractivity contribution in [3.63, 3.8) is 0 Å². The van der Waals surface area contributed by atoms with Crippen molar-refractivity contribution in [3.8, 4) is 0 Å². The summed E-state index contributed by atoms with van der Waals surface area (Å²) in [6, 6.07) is 6.90. The van der Waals surface area contributed by atoms with Gasteiger partial charge in [-0.3, -0.25) is 4.79 Å². The van der Waals surface area contributed by atoms with Crippen molar-refractivity contribution < 1.29 is 13.2 Å². The predicted molar refractivity (Wildman–Crippen MR) is 96.3 cm³/mol. The maximum atomic E-state index is 12.4. The molecule has 24 heavy (non-hydrogen) atoms. The van der Waals surface area contributed by atoms with Crippen LogP contribution in [0.5, 0.6) is 0 Å². The molecule has 0 spiro atoms. The van der Waals surface area contributed by atoms with Gasteiger partial charge in [0, 0.05) is 24.7 Å². The van der Waals surface area contributed by atoms with Gasteiger partial charge in [-0.15, -0.1) is 11.3 Å². The first-order valence-electron chi connectivity index (χ1n) is 7.75. The highest BCUT2D eigenvalue weighted by atomic mass is 32.2. The topological polar surface area (TPSA) is 66.5 Å². The van der Waals surface area contributed by atoms with Gasteiger partial charge < -0.3 is 5.32 Å². The average Bonchev–Trinajstić information content (AvgIpc) is 3.10. The molecule has 1 N–H and O–H groups in total. The second-order valence-electron chi connectivity index (χ2n) is 6.13. The summed E-state index contributed by atoms with van der Waals surface area (Å²) >= 11 is 1.53. The van der Waals surface area contributed by atoms with E-state index in [0.29, 0.717) is 16.1 Å². The lowest BCUT2D eigenvalue weighted by Crippen LogP contribution is -2.23. The first kappa shape index (κ1) is 17.1. The summed E-state index contributed by atoms with van der Waals surface area (Å²) in [6.45, 7) is 1.74. The Kier molecular flexibility index (Phi) is 4.50. The Morgan fingerprint density at radius 2 is 1.96 bits per heavy atom. The minimum Gasteiger partial charge on any atom is -0.321 e. The summed E-state index contributed by atoms with van der Waals surface area (Å²) in [5.74, 6) is -0.188. The molecule has 0 fully saturated rings. The van der Waals surface area contributed by atoms with Crippen molar-refractivity contribution in [2.45, 2.75) is 31.1 Å². The van der Waals surface area contributed by atoms with Crippen molar-refractivity contribution in [3.05, 3.63) is 45.1 Å². The smallest absolute Gasteiger partial charge is 0.265 e. The van der Waals surface area contributed by atoms with Gasteiger partial charge in [0.15, 0.2) is 0 Å². The molecule has 1 aliphatic rings. The number of thiophene rings is 1. The molecule has 1 aliphatic carbocycles. The molecule has 0 bridgehead atoms. The molecule has 0 aliphatic heterocycles. The Morgan fingerprint density at radius 1 is 1.21 bits per heavy atom. The van der Waals surface area contributed by atoms with Crippen LogP contribution in [-0.4, -0.2) is 32.7 Å². The van der Waals surface area contributed by atoms with E-state index in [1.807, 2.05) is 6.07 Å². The molecule has 5 nitrogen and oxygen atoms in total. The van der Waals surface area contributed by atoms with Gasteiger partial charge in [0.05, 0.1) is 9.77 Å². The van der Waals surface area contributed by atoms with E-state index in [0.717, 1.165) is 19.3 Å². The van der Waals surface area contributed by atoms with Crippen molar-refractivity contribution in [2.75, 3.05) is 19.4 Å². The number of hydrogen-bond donors (Lipinski definition) is 1. The number of carbonyl (C=O) groups excluding carboxylic acids is 1. The fraction of sp³-hybridized carbons (Fsp3) is 0.353. The van der Waals surface area contributed by atoms with Crippen molar-refractivity contribution >= 4 is 33.0 Å². The van der Waals surface area contributed by atoms with Crippen LogP contribution >= 0.6 is 11.3 Å². The number of amides is 1. The molecule has 0 atom stereocenters. The third kappa shape index (κ3) is 3.11. The molecule has 0 radical (unpaired) electrons. The highest BCUT2D eigenvalue weighted by molar-refractivity contribution is 7.89. The summed E-state index contributed by atoms with van der Waals surface area (Å²) in [5.41, 5.74) is 2.40. The molecule has 0 saturated heterocycles. The van der Waals surface area contributed by atoms with Crippen LogP contribution < -0.4 is 5.32 Å². The second-order valence-corrected chi connectivity index (χ2v) is 9.39. The Balaban J connectivity index is 1.86. The molecule has 2 aromatic rings. The standard InChI is InChI=1S/C17H20N2O3S2/c1-11-7-8-13(10-16(11)24(21,22)19(2)3)18-17(20)15-9-12-5-4-6-14(12)23-15/h7-10H,4-6H2,1-3H3,(H,18,20). The fourth-order valence-corrected chi connectivity index (χ4v) is 5.08. The third-order valence-corrected chi connectivity index (χ3v) is 7.37. The summed E-state index contributed by atoms with van der Waals surface area (Å²) in [7, 11) is -0.557. The molecule has 1 heterocycles. The predicted octanol–water partition coefficient (Wildman–Crippen LogP) is 3.05. The molecule has 1 aromatic carbocycles. The number of anilines is 1. The van der Waals surface area contributed by atoms with Crippen LogP contribution in [0.1, 0.15) is 32.1 Å². The quantitative estimate of drug-likeness (QED) is 0.907. The van der Waals surface area contributed by atoms with Crippen LogP contribution in [0.2, 0.25) is 0 Å². The molecule has 3 rings (SSSR count). The van der Waals surface area contributed by atoms with E-state index in [1.54, 1.807) is 19.1 Å². The van der Waals surface area contributed by atoms with E-state index in [2.05, 4.69) is 5.32 Å². The SMILES string of the molecule is Cc1ccc(NC(=O)c2cc3c(s2)CCC3)cc1S(=O)(=O)N(C)C. The van der Waals surface area contributed by atoms with Crippen molar-refractivity contribution in [2.24, 2.45) is 0 Å². The summed E-state index contributed by atoms with van der Waals surface area (Å²) < 4.78 is 25.9. The maximum absolute atomic E-state index is 12.4. The summed E-state index contributed by atoms with van der Waals surface area (Å²) in [5, 5.41) is 2.81. The van der Waals surface area contributed by atoms with Crippen LogP contribution in [0, 0.1) is 6.92 Å². The lowest BCUT2D eigenvalue weighted by atomic mass is 10.2. The van der Waals surface area contributed by atoms with E-state index < -0.39 is 10.0 Å². The number of nitrogens with zero attached hydrogens (tertiary/aromatic N) is 1. The Labute approximate surface area is 146 Å². The monoisotopic (exact) mass is 364 g/mol. The van der Waals surface area contributed by atoms with Gasteiger partial charge in [-0.2, -0.15) is 0 Å². The van der Waals surface area contributed by atoms with E-state index >= 15 is 0 Å². The van der Waals surface area contributed by atoms with Gasteiger partial charge in [-0.25, -0.2) is 12.7 Å². The van der Waals surface area contributed by atoms with Crippen LogP contribution in [-0.2, 0) is 22.9 Å². The van der Waals surface area contributed by atoms with Gasteiger partial charge in [0.2, 0.25) is 10.0 Å². The summed E-state index contributed by atoms with van der Waals surface area (Å²) in [4.78, 5) is 14.6. The lowest BCUT2D eigenvalue weighted by Gasteiger charge is -2.15. The molecule has 0 saturated carbocycles. The number of sulfonamides is 1. The number of fused-ring (bicyclic) bond motifs is 1. The van der Waals surface area contributed by atoms with E-state index in [4.69, 9.17) is 0 Å². The Bertz CT molecular complexity index is 877.